The van der Waals surface area contributed by atoms with Gasteiger partial charge in [0, 0.05) is 16.8 Å². The Kier molecular flexibility index (Phi) is 2.63. The molecule has 0 aliphatic carbocycles. The van der Waals surface area contributed by atoms with E-state index in [1.54, 1.807) is 32.4 Å². The van der Waals surface area contributed by atoms with E-state index in [-0.39, 0.29) is 5.63 Å². The molecule has 2 aromatic carbocycles. The lowest BCUT2D eigenvalue weighted by Crippen LogP contribution is -2.01. The van der Waals surface area contributed by atoms with Crippen molar-refractivity contribution in [3.63, 3.8) is 0 Å². The molecule has 19 heavy (non-hydrogen) atoms. The van der Waals surface area contributed by atoms with E-state index in [1.165, 1.54) is 0 Å². The summed E-state index contributed by atoms with van der Waals surface area (Å²) in [4.78, 5) is 12.0. The van der Waals surface area contributed by atoms with Gasteiger partial charge in [0.1, 0.15) is 17.1 Å². The van der Waals surface area contributed by atoms with Crippen LogP contribution in [0.4, 0.5) is 0 Å². The molecular formula is C15H12O4. The molecule has 0 N–H and O–H groups in total. The number of rotatable bonds is 2. The zero-order chi connectivity index (χ0) is 13.4. The highest BCUT2D eigenvalue weighted by Gasteiger charge is 2.12. The van der Waals surface area contributed by atoms with E-state index >= 15 is 0 Å². The van der Waals surface area contributed by atoms with Crippen LogP contribution >= 0.6 is 0 Å². The first kappa shape index (κ1) is 11.6. The Balaban J connectivity index is 2.54. The number of hydrogen-bond acceptors (Lipinski definition) is 4. The molecule has 0 amide bonds. The first-order valence-corrected chi connectivity index (χ1v) is 5.82. The van der Waals surface area contributed by atoms with Crippen molar-refractivity contribution in [1.29, 1.82) is 0 Å². The fourth-order valence-electron chi connectivity index (χ4n) is 2.22. The molecule has 3 rings (SSSR count). The molecule has 0 saturated heterocycles. The molecule has 0 unspecified atom stereocenters. The van der Waals surface area contributed by atoms with E-state index in [4.69, 9.17) is 13.9 Å². The predicted octanol–water partition coefficient (Wildman–Crippen LogP) is 2.96. The normalized spacial score (nSPS) is 10.8. The monoisotopic (exact) mass is 256 g/mol. The molecule has 4 heteroatoms. The van der Waals surface area contributed by atoms with Crippen molar-refractivity contribution in [2.45, 2.75) is 0 Å². The maximum atomic E-state index is 12.0. The third-order valence-electron chi connectivity index (χ3n) is 3.13. The minimum Gasteiger partial charge on any atom is -0.497 e. The Labute approximate surface area is 109 Å². The van der Waals surface area contributed by atoms with Crippen molar-refractivity contribution in [2.24, 2.45) is 0 Å². The van der Waals surface area contributed by atoms with Gasteiger partial charge in [0.2, 0.25) is 0 Å². The molecular weight excluding hydrogens is 244 g/mol. The number of fused-ring (bicyclic) bond motifs is 3. The highest BCUT2D eigenvalue weighted by molar-refractivity contribution is 6.08. The number of benzene rings is 2. The zero-order valence-electron chi connectivity index (χ0n) is 10.6. The molecule has 1 heterocycles. The van der Waals surface area contributed by atoms with E-state index in [9.17, 15) is 4.79 Å². The highest BCUT2D eigenvalue weighted by Crippen LogP contribution is 2.32. The van der Waals surface area contributed by atoms with Gasteiger partial charge in [-0.25, -0.2) is 4.79 Å². The summed E-state index contributed by atoms with van der Waals surface area (Å²) < 4.78 is 15.8. The summed E-state index contributed by atoms with van der Waals surface area (Å²) in [6.07, 6.45) is 0. The van der Waals surface area contributed by atoms with Crippen LogP contribution in [0.2, 0.25) is 0 Å². The van der Waals surface area contributed by atoms with Crippen molar-refractivity contribution < 1.29 is 13.9 Å². The van der Waals surface area contributed by atoms with Crippen LogP contribution in [0.25, 0.3) is 21.7 Å². The molecule has 1 aromatic heterocycles. The largest absolute Gasteiger partial charge is 0.497 e. The Morgan fingerprint density at radius 3 is 2.58 bits per heavy atom. The van der Waals surface area contributed by atoms with Crippen LogP contribution in [0.3, 0.4) is 0 Å². The number of methoxy groups -OCH3 is 2. The van der Waals surface area contributed by atoms with Crippen molar-refractivity contribution in [3.8, 4) is 11.5 Å². The summed E-state index contributed by atoms with van der Waals surface area (Å²) in [6, 6.07) is 10.7. The molecule has 0 bridgehead atoms. The SMILES string of the molecule is COc1ccc2c(c1)oc(=O)c1cccc(OC)c12. The number of ether oxygens (including phenoxy) is 2. The second-order valence-electron chi connectivity index (χ2n) is 4.13. The molecule has 0 fully saturated rings. The number of hydrogen-bond donors (Lipinski definition) is 0. The quantitative estimate of drug-likeness (QED) is 0.522. The molecule has 0 radical (unpaired) electrons. The first-order chi connectivity index (χ1) is 9.24. The second-order valence-corrected chi connectivity index (χ2v) is 4.13. The van der Waals surface area contributed by atoms with Crippen LogP contribution in [-0.4, -0.2) is 14.2 Å². The minimum atomic E-state index is -0.380. The third kappa shape index (κ3) is 1.73. The topological polar surface area (TPSA) is 48.7 Å². The fraction of sp³-hybridized carbons (Fsp3) is 0.133. The van der Waals surface area contributed by atoms with Gasteiger partial charge >= 0.3 is 5.63 Å². The van der Waals surface area contributed by atoms with Crippen molar-refractivity contribution in [2.75, 3.05) is 14.2 Å². The Hall–Kier alpha value is -2.49. The van der Waals surface area contributed by atoms with Crippen LogP contribution < -0.4 is 15.1 Å². The van der Waals surface area contributed by atoms with Crippen molar-refractivity contribution >= 4 is 21.7 Å². The molecule has 0 aliphatic heterocycles. The summed E-state index contributed by atoms with van der Waals surface area (Å²) in [6.45, 7) is 0. The molecule has 0 aliphatic rings. The van der Waals surface area contributed by atoms with Gasteiger partial charge in [-0.1, -0.05) is 6.07 Å². The van der Waals surface area contributed by atoms with E-state index in [0.717, 1.165) is 10.8 Å². The minimum absolute atomic E-state index is 0.380. The van der Waals surface area contributed by atoms with Crippen molar-refractivity contribution in [3.05, 3.63) is 46.8 Å². The third-order valence-corrected chi connectivity index (χ3v) is 3.13. The maximum Gasteiger partial charge on any atom is 0.344 e. The molecule has 4 nitrogen and oxygen atoms in total. The Morgan fingerprint density at radius 1 is 1.00 bits per heavy atom. The maximum absolute atomic E-state index is 12.0. The molecule has 0 spiro atoms. The Bertz CT molecular complexity index is 817. The van der Waals surface area contributed by atoms with Gasteiger partial charge in [-0.15, -0.1) is 0 Å². The average molecular weight is 256 g/mol. The summed E-state index contributed by atoms with van der Waals surface area (Å²) in [5, 5.41) is 2.10. The summed E-state index contributed by atoms with van der Waals surface area (Å²) >= 11 is 0. The Morgan fingerprint density at radius 2 is 1.84 bits per heavy atom. The smallest absolute Gasteiger partial charge is 0.344 e. The van der Waals surface area contributed by atoms with E-state index in [1.807, 2.05) is 18.2 Å². The molecule has 3 aromatic rings. The fourth-order valence-corrected chi connectivity index (χ4v) is 2.22. The first-order valence-electron chi connectivity index (χ1n) is 5.82. The van der Waals surface area contributed by atoms with Gasteiger partial charge in [0.15, 0.2) is 0 Å². The van der Waals surface area contributed by atoms with E-state index in [2.05, 4.69) is 0 Å². The predicted molar refractivity (Wildman–Crippen MR) is 73.1 cm³/mol. The lowest BCUT2D eigenvalue weighted by Gasteiger charge is -2.08. The van der Waals surface area contributed by atoms with Gasteiger partial charge in [0.05, 0.1) is 19.6 Å². The van der Waals surface area contributed by atoms with Crippen LogP contribution in [-0.2, 0) is 0 Å². The zero-order valence-corrected chi connectivity index (χ0v) is 10.6. The summed E-state index contributed by atoms with van der Waals surface area (Å²) in [7, 11) is 3.15. The average Bonchev–Trinajstić information content (AvgIpc) is 2.46. The van der Waals surface area contributed by atoms with Crippen LogP contribution in [0.5, 0.6) is 11.5 Å². The molecule has 0 atom stereocenters. The lowest BCUT2D eigenvalue weighted by atomic mass is 10.1. The highest BCUT2D eigenvalue weighted by atomic mass is 16.5. The van der Waals surface area contributed by atoms with Crippen LogP contribution in [0.15, 0.2) is 45.6 Å². The lowest BCUT2D eigenvalue weighted by molar-refractivity contribution is 0.414. The van der Waals surface area contributed by atoms with Gasteiger partial charge in [-0.05, 0) is 24.3 Å². The van der Waals surface area contributed by atoms with E-state index in [0.29, 0.717) is 22.5 Å². The van der Waals surface area contributed by atoms with Crippen molar-refractivity contribution in [1.82, 2.24) is 0 Å². The summed E-state index contributed by atoms with van der Waals surface area (Å²) in [5.74, 6) is 1.30. The van der Waals surface area contributed by atoms with Crippen LogP contribution in [0.1, 0.15) is 0 Å². The van der Waals surface area contributed by atoms with Gasteiger partial charge < -0.3 is 13.9 Å². The van der Waals surface area contributed by atoms with Crippen LogP contribution in [0, 0.1) is 0 Å². The summed E-state index contributed by atoms with van der Waals surface area (Å²) in [5.41, 5.74) is 0.107. The standard InChI is InChI=1S/C15H12O4/c1-17-9-6-7-10-13(8-9)19-15(16)11-4-3-5-12(18-2)14(10)11/h3-8H,1-2H3. The van der Waals surface area contributed by atoms with E-state index < -0.39 is 0 Å². The molecule has 96 valence electrons. The molecule has 0 saturated carbocycles. The second kappa shape index (κ2) is 4.31. The van der Waals surface area contributed by atoms with Gasteiger partial charge in [0.25, 0.3) is 0 Å². The van der Waals surface area contributed by atoms with Gasteiger partial charge in [-0.2, -0.15) is 0 Å². The van der Waals surface area contributed by atoms with Gasteiger partial charge in [-0.3, -0.25) is 0 Å².